The van der Waals surface area contributed by atoms with Gasteiger partial charge in [-0.1, -0.05) is 107 Å². The maximum Gasteiger partial charge on any atom is 0.410 e. The average Bonchev–Trinajstić information content (AvgIpc) is 3.65. The number of ketones is 2. The minimum Gasteiger partial charge on any atom is -0.441 e. The van der Waals surface area contributed by atoms with E-state index in [9.17, 15) is 33.7 Å². The normalized spacial score (nSPS) is 20.7. The van der Waals surface area contributed by atoms with E-state index in [2.05, 4.69) is 46.7 Å². The number of halogens is 1. The van der Waals surface area contributed by atoms with Crippen LogP contribution in [0.5, 0.6) is 0 Å². The Bertz CT molecular complexity index is 1630. The number of hydrogen-bond acceptors (Lipinski definition) is 12. The smallest absolute Gasteiger partial charge is 0.410 e. The van der Waals surface area contributed by atoms with Crippen molar-refractivity contribution in [3.8, 4) is 0 Å². The molecule has 3 rings (SSSR count). The number of amides is 1. The summed E-state index contributed by atoms with van der Waals surface area (Å²) in [5, 5.41) is 11.1. The Labute approximate surface area is 430 Å². The number of ether oxygens (including phenoxy) is 4. The number of nitro groups is 1. The number of nitro benzene ring substituents is 1. The number of rotatable bonds is 29. The Morgan fingerprint density at radius 2 is 1.56 bits per heavy atom. The van der Waals surface area contributed by atoms with Gasteiger partial charge in [0.2, 0.25) is 5.67 Å². The van der Waals surface area contributed by atoms with E-state index in [1.54, 1.807) is 31.1 Å². The van der Waals surface area contributed by atoms with Crippen LogP contribution in [0.1, 0.15) is 185 Å². The lowest BCUT2D eigenvalue weighted by atomic mass is 9.91. The first-order valence-corrected chi connectivity index (χ1v) is 26.9. The number of carbonyl (C=O) groups excluding carboxylic acids is 4. The summed E-state index contributed by atoms with van der Waals surface area (Å²) in [5.41, 5.74) is -0.554. The molecule has 2 fully saturated rings. The van der Waals surface area contributed by atoms with Crippen molar-refractivity contribution in [2.24, 2.45) is 11.8 Å². The number of aldehydes is 1. The van der Waals surface area contributed by atoms with Crippen molar-refractivity contribution in [1.29, 1.82) is 0 Å². The number of benzene rings is 1. The topological polar surface area (TPSA) is 158 Å². The van der Waals surface area contributed by atoms with Crippen LogP contribution in [0.3, 0.4) is 0 Å². The summed E-state index contributed by atoms with van der Waals surface area (Å²) < 4.78 is 35.8. The summed E-state index contributed by atoms with van der Waals surface area (Å²) in [6.07, 6.45) is 14.9. The van der Waals surface area contributed by atoms with Crippen molar-refractivity contribution in [2.45, 2.75) is 222 Å². The van der Waals surface area contributed by atoms with Crippen LogP contribution < -0.4 is 0 Å². The van der Waals surface area contributed by atoms with Crippen molar-refractivity contribution in [1.82, 2.24) is 14.7 Å². The number of alkyl halides is 1. The number of unbranched alkanes of at least 4 members (excludes halogenated alkanes) is 5. The number of non-ortho nitro benzene ring substituents is 1. The average molecular weight is 1010 g/mol. The monoisotopic (exact) mass is 1010 g/mol. The predicted octanol–water partition coefficient (Wildman–Crippen LogP) is 12.7. The second-order valence-corrected chi connectivity index (χ2v) is 19.1. The Morgan fingerprint density at radius 3 is 2.10 bits per heavy atom. The Morgan fingerprint density at radius 1 is 0.944 bits per heavy atom. The van der Waals surface area contributed by atoms with Gasteiger partial charge in [0.25, 0.3) is 5.69 Å². The second-order valence-electron chi connectivity index (χ2n) is 19.1. The number of hydrogen-bond donors (Lipinski definition) is 0. The molecule has 0 N–H and O–H groups in total. The maximum absolute atomic E-state index is 13.5. The van der Waals surface area contributed by atoms with Gasteiger partial charge in [-0.15, -0.1) is 0 Å². The van der Waals surface area contributed by atoms with Gasteiger partial charge < -0.3 is 33.6 Å². The third-order valence-corrected chi connectivity index (χ3v) is 12.7. The molecular weight excluding hydrogens is 908 g/mol. The zero-order valence-corrected chi connectivity index (χ0v) is 47.6. The van der Waals surface area contributed by atoms with Gasteiger partial charge in [-0.3, -0.25) is 24.5 Å². The zero-order valence-electron chi connectivity index (χ0n) is 47.6. The highest BCUT2D eigenvalue weighted by Crippen LogP contribution is 2.30. The zero-order chi connectivity index (χ0) is 54.7. The third kappa shape index (κ3) is 27.7. The number of cyclic esters (lactones) is 1. The van der Waals surface area contributed by atoms with Gasteiger partial charge in [-0.05, 0) is 104 Å². The Hall–Kier alpha value is -3.79. The minimum absolute atomic E-state index is 0.0412. The van der Waals surface area contributed by atoms with Crippen molar-refractivity contribution >= 4 is 35.2 Å². The molecule has 5 unspecified atom stereocenters. The van der Waals surface area contributed by atoms with Crippen LogP contribution in [-0.2, 0) is 33.3 Å². The lowest BCUT2D eigenvalue weighted by molar-refractivity contribution is -0.384. The molecular formula is C56H101FN4O10. The Kier molecular flexibility index (Phi) is 38.7. The molecule has 0 spiro atoms. The molecule has 9 atom stereocenters. The lowest BCUT2D eigenvalue weighted by Crippen LogP contribution is -2.44. The first-order chi connectivity index (χ1) is 33.7. The molecule has 2 aliphatic heterocycles. The van der Waals surface area contributed by atoms with E-state index in [0.717, 1.165) is 63.1 Å². The van der Waals surface area contributed by atoms with E-state index in [-0.39, 0.29) is 48.3 Å². The highest BCUT2D eigenvalue weighted by molar-refractivity contribution is 6.02. The molecule has 71 heavy (non-hydrogen) atoms. The largest absolute Gasteiger partial charge is 0.441 e. The summed E-state index contributed by atoms with van der Waals surface area (Å²) in [7, 11) is 7.87. The highest BCUT2D eigenvalue weighted by Gasteiger charge is 2.46. The van der Waals surface area contributed by atoms with Crippen LogP contribution in [0.4, 0.5) is 14.9 Å². The van der Waals surface area contributed by atoms with Gasteiger partial charge in [-0.2, -0.15) is 0 Å². The van der Waals surface area contributed by atoms with Crippen LogP contribution in [0.15, 0.2) is 30.5 Å². The van der Waals surface area contributed by atoms with E-state index in [0.29, 0.717) is 50.8 Å². The fourth-order valence-corrected chi connectivity index (χ4v) is 8.53. The van der Waals surface area contributed by atoms with Crippen LogP contribution >= 0.6 is 0 Å². The summed E-state index contributed by atoms with van der Waals surface area (Å²) >= 11 is 0. The second kappa shape index (κ2) is 39.7. The van der Waals surface area contributed by atoms with Crippen molar-refractivity contribution < 1.29 is 47.4 Å². The molecule has 1 aromatic carbocycles. The van der Waals surface area contributed by atoms with Crippen molar-refractivity contribution in [3.05, 3.63) is 46.1 Å². The SMILES string of the molecule is CC.CC.CC1CC(N(C)C)C[C@H](C)O1.CCCCCCCOCCC(C)C(=O)[C@](C)(F)C=O.CCC[C@@H](C)C(=O)C[C@H]1C(C(CC)OC)OC(=O)N1CCCCN(C)/C=C(\C)c1cccc([N+](=O)[O-])c1. The van der Waals surface area contributed by atoms with E-state index < -0.39 is 28.4 Å². The number of methoxy groups -OCH3 is 1. The fourth-order valence-electron chi connectivity index (χ4n) is 8.53. The first-order valence-electron chi connectivity index (χ1n) is 26.9. The van der Waals surface area contributed by atoms with Gasteiger partial charge in [0.1, 0.15) is 5.78 Å². The van der Waals surface area contributed by atoms with E-state index in [1.165, 1.54) is 38.2 Å². The number of Topliss-reactive ketones (excluding diaryl/α,β-unsaturated/α-hetero) is 2. The van der Waals surface area contributed by atoms with Crippen LogP contribution in [0.25, 0.3) is 5.57 Å². The van der Waals surface area contributed by atoms with Gasteiger partial charge in [-0.25, -0.2) is 9.18 Å². The van der Waals surface area contributed by atoms with Crippen LogP contribution in [0, 0.1) is 22.0 Å². The molecule has 2 saturated heterocycles. The van der Waals surface area contributed by atoms with E-state index >= 15 is 0 Å². The lowest BCUT2D eigenvalue weighted by Gasteiger charge is -2.35. The molecule has 412 valence electrons. The summed E-state index contributed by atoms with van der Waals surface area (Å²) in [6, 6.07) is 6.99. The quantitative estimate of drug-likeness (QED) is 0.0246. The van der Waals surface area contributed by atoms with Crippen LogP contribution in [0.2, 0.25) is 0 Å². The molecule has 15 heteroatoms. The molecule has 0 bridgehead atoms. The molecule has 2 heterocycles. The minimum atomic E-state index is -2.36. The van der Waals surface area contributed by atoms with Gasteiger partial charge in [0.05, 0.1) is 29.3 Å². The molecule has 14 nitrogen and oxygen atoms in total. The van der Waals surface area contributed by atoms with Gasteiger partial charge in [0.15, 0.2) is 18.2 Å². The van der Waals surface area contributed by atoms with Crippen molar-refractivity contribution in [3.63, 3.8) is 0 Å². The Balaban J connectivity index is 0. The summed E-state index contributed by atoms with van der Waals surface area (Å²) in [4.78, 5) is 64.4. The summed E-state index contributed by atoms with van der Waals surface area (Å²) in [5.74, 6) is -1.03. The highest BCUT2D eigenvalue weighted by atomic mass is 19.1. The van der Waals surface area contributed by atoms with Gasteiger partial charge >= 0.3 is 6.09 Å². The number of carbonyl (C=O) groups is 4. The van der Waals surface area contributed by atoms with Crippen LogP contribution in [-0.4, -0.2) is 140 Å². The molecule has 0 saturated carbocycles. The molecule has 0 aromatic heterocycles. The summed E-state index contributed by atoms with van der Waals surface area (Å²) in [6.45, 7) is 27.5. The molecule has 0 radical (unpaired) electrons. The third-order valence-electron chi connectivity index (χ3n) is 12.7. The van der Waals surface area contributed by atoms with Crippen molar-refractivity contribution in [2.75, 3.05) is 54.6 Å². The standard InChI is InChI=1S/C28H43N3O6.C15H27FO3.C9H19NO.2C2H6/c1-7-12-20(3)25(32)18-24-27(26(8-2)36-6)37-28(33)30(24)16-10-9-15-29(5)19-21(4)22-13-11-14-23(17-22)31(34)35;1-4-5-6-7-8-10-19-11-9-13(2)14(18)15(3,16)12-17;1-7-5-9(10(3)4)6-8(2)11-7;2*1-2/h11,13-14,17,19-20,24,26-27H,7-10,12,15-16,18H2,1-6H3;12-13H,4-11H2,1-3H3;7-9H,5-6H2,1-4H3;2*1-2H3/b21-19+;;;;/t20-,24+,26?,27?;13?,15-;7-,8?,9?;;/m110../s1. The molecule has 0 aliphatic carbocycles. The first kappa shape index (κ1) is 69.3. The van der Waals surface area contributed by atoms with E-state index in [1.807, 2.05) is 72.7 Å². The maximum atomic E-state index is 13.5. The predicted molar refractivity (Wildman–Crippen MR) is 288 cm³/mol. The van der Waals surface area contributed by atoms with Gasteiger partial charge in [0, 0.05) is 83.1 Å². The number of allylic oxidation sites excluding steroid dienone is 1. The number of nitrogens with zero attached hydrogens (tertiary/aromatic N) is 4. The fraction of sp³-hybridized carbons (Fsp3) is 0.786. The molecule has 1 aromatic rings. The van der Waals surface area contributed by atoms with E-state index in [4.69, 9.17) is 18.9 Å². The molecule has 1 amide bonds. The molecule has 2 aliphatic rings.